The Morgan fingerprint density at radius 1 is 1.17 bits per heavy atom. The zero-order chi connectivity index (χ0) is 8.44. The molecule has 1 aliphatic heterocycles. The van der Waals surface area contributed by atoms with Crippen LogP contribution in [0.2, 0.25) is 0 Å². The van der Waals surface area contributed by atoms with Gasteiger partial charge in [-0.25, -0.2) is 4.39 Å². The summed E-state index contributed by atoms with van der Waals surface area (Å²) in [5.41, 5.74) is 0.487. The minimum Gasteiger partial charge on any atom is -0.316 e. The van der Waals surface area contributed by atoms with Gasteiger partial charge in [0.1, 0.15) is 6.17 Å². The lowest BCUT2D eigenvalue weighted by Gasteiger charge is -2.41. The van der Waals surface area contributed by atoms with Crippen LogP contribution in [0.4, 0.5) is 4.39 Å². The third-order valence-corrected chi connectivity index (χ3v) is 3.54. The fourth-order valence-corrected chi connectivity index (χ4v) is 2.65. The summed E-state index contributed by atoms with van der Waals surface area (Å²) in [7, 11) is 0. The number of piperidine rings is 1. The highest BCUT2D eigenvalue weighted by molar-refractivity contribution is 4.89. The van der Waals surface area contributed by atoms with Crippen molar-refractivity contribution < 1.29 is 4.39 Å². The Labute approximate surface area is 73.7 Å². The van der Waals surface area contributed by atoms with E-state index < -0.39 is 6.17 Å². The Bertz CT molecular complexity index is 142. The first-order valence-corrected chi connectivity index (χ1v) is 5.16. The number of hydrogen-bond donors (Lipinski definition) is 1. The summed E-state index contributed by atoms with van der Waals surface area (Å²) in [5.74, 6) is 0. The van der Waals surface area contributed by atoms with Crippen LogP contribution in [0.25, 0.3) is 0 Å². The minimum absolute atomic E-state index is 0.487. The van der Waals surface area contributed by atoms with Crippen LogP contribution in [0.5, 0.6) is 0 Å². The van der Waals surface area contributed by atoms with Crippen molar-refractivity contribution in [2.24, 2.45) is 5.41 Å². The normalized spacial score (nSPS) is 43.2. The third-order valence-electron chi connectivity index (χ3n) is 3.54. The second kappa shape index (κ2) is 3.33. The first-order valence-electron chi connectivity index (χ1n) is 5.16. The van der Waals surface area contributed by atoms with Crippen molar-refractivity contribution >= 4 is 0 Å². The molecule has 0 atom stereocenters. The Morgan fingerprint density at radius 3 is 2.50 bits per heavy atom. The standard InChI is InChI=1S/C10H18FN/c11-9-2-5-10(6-3-9)4-1-7-12-8-10/h9,12H,1-8H2. The van der Waals surface area contributed by atoms with Crippen molar-refractivity contribution in [2.75, 3.05) is 13.1 Å². The molecule has 70 valence electrons. The highest BCUT2D eigenvalue weighted by Gasteiger charge is 2.35. The largest absolute Gasteiger partial charge is 0.316 e. The Kier molecular flexibility index (Phi) is 2.35. The van der Waals surface area contributed by atoms with E-state index in [0.29, 0.717) is 5.41 Å². The van der Waals surface area contributed by atoms with Crippen LogP contribution in [0.15, 0.2) is 0 Å². The quantitative estimate of drug-likeness (QED) is 0.589. The summed E-state index contributed by atoms with van der Waals surface area (Å²) < 4.78 is 12.9. The van der Waals surface area contributed by atoms with E-state index in [2.05, 4.69) is 5.32 Å². The van der Waals surface area contributed by atoms with E-state index in [4.69, 9.17) is 0 Å². The smallest absolute Gasteiger partial charge is 0.100 e. The van der Waals surface area contributed by atoms with Gasteiger partial charge in [0.15, 0.2) is 0 Å². The van der Waals surface area contributed by atoms with E-state index in [1.54, 1.807) is 0 Å². The molecule has 2 rings (SSSR count). The molecule has 1 N–H and O–H groups in total. The lowest BCUT2D eigenvalue weighted by atomic mass is 9.69. The van der Waals surface area contributed by atoms with Gasteiger partial charge in [0, 0.05) is 6.54 Å². The molecule has 0 bridgehead atoms. The van der Waals surface area contributed by atoms with E-state index in [1.807, 2.05) is 0 Å². The van der Waals surface area contributed by atoms with Crippen LogP contribution in [0.1, 0.15) is 38.5 Å². The SMILES string of the molecule is FC1CCC2(CCCNC2)CC1. The van der Waals surface area contributed by atoms with E-state index >= 15 is 0 Å². The molecule has 1 spiro atoms. The van der Waals surface area contributed by atoms with Crippen LogP contribution in [0.3, 0.4) is 0 Å². The lowest BCUT2D eigenvalue weighted by Crippen LogP contribution is -2.42. The maximum absolute atomic E-state index is 12.9. The third kappa shape index (κ3) is 1.63. The molecule has 1 saturated heterocycles. The van der Waals surface area contributed by atoms with Gasteiger partial charge < -0.3 is 5.32 Å². The van der Waals surface area contributed by atoms with Gasteiger partial charge in [-0.3, -0.25) is 0 Å². The molecule has 0 aromatic rings. The Morgan fingerprint density at radius 2 is 1.92 bits per heavy atom. The van der Waals surface area contributed by atoms with Gasteiger partial charge >= 0.3 is 0 Å². The van der Waals surface area contributed by atoms with E-state index in [9.17, 15) is 4.39 Å². The average molecular weight is 171 g/mol. The van der Waals surface area contributed by atoms with Gasteiger partial charge in [-0.2, -0.15) is 0 Å². The van der Waals surface area contributed by atoms with Gasteiger partial charge in [0.2, 0.25) is 0 Å². The summed E-state index contributed by atoms with van der Waals surface area (Å²) in [5, 5.41) is 3.44. The van der Waals surface area contributed by atoms with Crippen LogP contribution < -0.4 is 5.32 Å². The average Bonchev–Trinajstić information content (AvgIpc) is 2.13. The van der Waals surface area contributed by atoms with Gasteiger partial charge in [-0.05, 0) is 50.5 Å². The van der Waals surface area contributed by atoms with E-state index in [0.717, 1.165) is 32.2 Å². The number of rotatable bonds is 0. The maximum atomic E-state index is 12.9. The molecule has 12 heavy (non-hydrogen) atoms. The van der Waals surface area contributed by atoms with Crippen molar-refractivity contribution in [3.63, 3.8) is 0 Å². The molecule has 2 aliphatic rings. The van der Waals surface area contributed by atoms with Crippen LogP contribution in [-0.2, 0) is 0 Å². The first kappa shape index (κ1) is 8.49. The van der Waals surface area contributed by atoms with E-state index in [-0.39, 0.29) is 0 Å². The number of alkyl halides is 1. The van der Waals surface area contributed by atoms with Crippen molar-refractivity contribution in [1.29, 1.82) is 0 Å². The topological polar surface area (TPSA) is 12.0 Å². The predicted octanol–water partition coefficient (Wildman–Crippen LogP) is 2.27. The van der Waals surface area contributed by atoms with Crippen molar-refractivity contribution in [3.8, 4) is 0 Å². The molecular formula is C10H18FN. The monoisotopic (exact) mass is 171 g/mol. The summed E-state index contributed by atoms with van der Waals surface area (Å²) in [6.45, 7) is 2.31. The summed E-state index contributed by atoms with van der Waals surface area (Å²) in [6.07, 6.45) is 5.95. The molecule has 0 aromatic carbocycles. The predicted molar refractivity (Wildman–Crippen MR) is 47.9 cm³/mol. The molecule has 0 aromatic heterocycles. The lowest BCUT2D eigenvalue weighted by molar-refractivity contribution is 0.0929. The van der Waals surface area contributed by atoms with Crippen molar-refractivity contribution in [1.82, 2.24) is 5.32 Å². The van der Waals surface area contributed by atoms with E-state index in [1.165, 1.54) is 19.4 Å². The Balaban J connectivity index is 1.92. The fraction of sp³-hybridized carbons (Fsp3) is 1.00. The summed E-state index contributed by atoms with van der Waals surface area (Å²) in [4.78, 5) is 0. The molecule has 1 nitrogen and oxygen atoms in total. The van der Waals surface area contributed by atoms with Gasteiger partial charge in [0.05, 0.1) is 0 Å². The molecule has 1 heterocycles. The number of nitrogens with one attached hydrogen (secondary N) is 1. The van der Waals surface area contributed by atoms with Crippen LogP contribution in [0, 0.1) is 5.41 Å². The molecule has 2 heteroatoms. The van der Waals surface area contributed by atoms with Gasteiger partial charge in [0.25, 0.3) is 0 Å². The highest BCUT2D eigenvalue weighted by Crippen LogP contribution is 2.41. The zero-order valence-corrected chi connectivity index (χ0v) is 7.61. The molecule has 1 aliphatic carbocycles. The zero-order valence-electron chi connectivity index (χ0n) is 7.61. The molecule has 0 amide bonds. The molecular weight excluding hydrogens is 153 g/mol. The molecule has 0 radical (unpaired) electrons. The minimum atomic E-state index is -0.502. The summed E-state index contributed by atoms with van der Waals surface area (Å²) in [6, 6.07) is 0. The number of hydrogen-bond acceptors (Lipinski definition) is 1. The Hall–Kier alpha value is -0.110. The van der Waals surface area contributed by atoms with Crippen LogP contribution >= 0.6 is 0 Å². The molecule has 0 unspecified atom stereocenters. The second-order valence-electron chi connectivity index (χ2n) is 4.45. The van der Waals surface area contributed by atoms with Crippen LogP contribution in [-0.4, -0.2) is 19.3 Å². The summed E-state index contributed by atoms with van der Waals surface area (Å²) >= 11 is 0. The van der Waals surface area contributed by atoms with Gasteiger partial charge in [-0.1, -0.05) is 0 Å². The van der Waals surface area contributed by atoms with Crippen molar-refractivity contribution in [2.45, 2.75) is 44.7 Å². The first-order chi connectivity index (χ1) is 5.81. The van der Waals surface area contributed by atoms with Crippen molar-refractivity contribution in [3.05, 3.63) is 0 Å². The highest BCUT2D eigenvalue weighted by atomic mass is 19.1. The maximum Gasteiger partial charge on any atom is 0.100 e. The second-order valence-corrected chi connectivity index (χ2v) is 4.45. The molecule has 1 saturated carbocycles. The molecule has 2 fully saturated rings. The fourth-order valence-electron chi connectivity index (χ4n) is 2.65. The number of halogens is 1. The van der Waals surface area contributed by atoms with Gasteiger partial charge in [-0.15, -0.1) is 0 Å².